The number of carbonyl (C=O) groups is 1. The number of aliphatic hydroxyl groups is 1. The third-order valence-corrected chi connectivity index (χ3v) is 6.32. The second-order valence-corrected chi connectivity index (χ2v) is 9.94. The number of amides is 1. The van der Waals surface area contributed by atoms with E-state index < -0.39 is 0 Å². The first-order valence-corrected chi connectivity index (χ1v) is 11.9. The van der Waals surface area contributed by atoms with E-state index in [1.165, 1.54) is 5.56 Å². The highest BCUT2D eigenvalue weighted by Crippen LogP contribution is 2.25. The molecule has 1 N–H and O–H groups in total. The molecule has 0 saturated carbocycles. The van der Waals surface area contributed by atoms with E-state index in [0.717, 1.165) is 28.1 Å². The molecule has 0 aliphatic heterocycles. The van der Waals surface area contributed by atoms with Crippen LogP contribution in [0.5, 0.6) is 0 Å². The number of fused-ring (bicyclic) bond motifs is 1. The Bertz CT molecular complexity index is 1320. The summed E-state index contributed by atoms with van der Waals surface area (Å²) >= 11 is 0. The lowest BCUT2D eigenvalue weighted by Crippen LogP contribution is -2.34. The summed E-state index contributed by atoms with van der Waals surface area (Å²) in [4.78, 5) is 24.2. The lowest BCUT2D eigenvalue weighted by atomic mass is 9.87. The Balaban J connectivity index is 1.61. The molecule has 7 nitrogen and oxygen atoms in total. The third kappa shape index (κ3) is 5.41. The average molecular weight is 472 g/mol. The second kappa shape index (κ2) is 9.96. The number of benzene rings is 2. The Hall–Kier alpha value is -3.58. The van der Waals surface area contributed by atoms with Gasteiger partial charge in [0.25, 0.3) is 5.78 Å². The van der Waals surface area contributed by atoms with Crippen molar-refractivity contribution in [1.82, 2.24) is 24.5 Å². The first kappa shape index (κ1) is 24.5. The molecule has 0 aliphatic carbocycles. The van der Waals surface area contributed by atoms with E-state index in [-0.39, 0.29) is 30.9 Å². The van der Waals surface area contributed by atoms with Crippen molar-refractivity contribution in [1.29, 1.82) is 0 Å². The highest BCUT2D eigenvalue weighted by molar-refractivity contribution is 5.79. The molecule has 0 unspecified atom stereocenters. The Kier molecular flexibility index (Phi) is 6.98. The van der Waals surface area contributed by atoms with Gasteiger partial charge in [0.05, 0.1) is 13.0 Å². The van der Waals surface area contributed by atoms with Gasteiger partial charge in [0.1, 0.15) is 0 Å². The van der Waals surface area contributed by atoms with Crippen LogP contribution < -0.4 is 0 Å². The molecule has 182 valence electrons. The second-order valence-electron chi connectivity index (χ2n) is 9.94. The van der Waals surface area contributed by atoms with Gasteiger partial charge in [-0.15, -0.1) is 5.10 Å². The van der Waals surface area contributed by atoms with Gasteiger partial charge in [0.15, 0.2) is 5.82 Å². The first-order valence-electron chi connectivity index (χ1n) is 11.9. The zero-order valence-electron chi connectivity index (χ0n) is 21.1. The van der Waals surface area contributed by atoms with Crippen molar-refractivity contribution in [2.24, 2.45) is 0 Å². The van der Waals surface area contributed by atoms with Gasteiger partial charge in [-0.1, -0.05) is 75.4 Å². The van der Waals surface area contributed by atoms with E-state index in [0.29, 0.717) is 18.1 Å². The summed E-state index contributed by atoms with van der Waals surface area (Å²) in [6.45, 7) is 11.0. The number of carbonyl (C=O) groups excluding carboxylic acids is 1. The number of nitrogens with zero attached hydrogens (tertiary/aromatic N) is 5. The van der Waals surface area contributed by atoms with Gasteiger partial charge in [-0.2, -0.15) is 4.98 Å². The maximum Gasteiger partial charge on any atom is 0.253 e. The summed E-state index contributed by atoms with van der Waals surface area (Å²) in [5.74, 6) is 1.06. The predicted molar refractivity (Wildman–Crippen MR) is 137 cm³/mol. The van der Waals surface area contributed by atoms with E-state index in [9.17, 15) is 9.90 Å². The maximum absolute atomic E-state index is 13.2. The van der Waals surface area contributed by atoms with Gasteiger partial charge >= 0.3 is 0 Å². The monoisotopic (exact) mass is 471 g/mol. The highest BCUT2D eigenvalue weighted by atomic mass is 16.3. The molecule has 0 radical (unpaired) electrons. The van der Waals surface area contributed by atoms with Crippen LogP contribution in [0.15, 0.2) is 54.6 Å². The van der Waals surface area contributed by atoms with Gasteiger partial charge in [0.2, 0.25) is 5.91 Å². The van der Waals surface area contributed by atoms with E-state index >= 15 is 0 Å². The predicted octanol–water partition coefficient (Wildman–Crippen LogP) is 4.27. The van der Waals surface area contributed by atoms with Crippen LogP contribution >= 0.6 is 0 Å². The summed E-state index contributed by atoms with van der Waals surface area (Å²) in [5, 5.41) is 14.2. The summed E-state index contributed by atoms with van der Waals surface area (Å²) in [6, 6.07) is 18.1. The van der Waals surface area contributed by atoms with Crippen LogP contribution in [0.2, 0.25) is 0 Å². The molecule has 4 aromatic rings. The molecule has 0 atom stereocenters. The van der Waals surface area contributed by atoms with Crippen LogP contribution in [0.3, 0.4) is 0 Å². The first-order chi connectivity index (χ1) is 16.7. The van der Waals surface area contributed by atoms with Gasteiger partial charge in [0, 0.05) is 35.6 Å². The number of aryl methyl sites for hydroxylation is 2. The minimum atomic E-state index is -0.0890. The molecular formula is C28H33N5O2. The topological polar surface area (TPSA) is 83.6 Å². The Labute approximate surface area is 206 Å². The van der Waals surface area contributed by atoms with Crippen molar-refractivity contribution in [3.63, 3.8) is 0 Å². The molecule has 35 heavy (non-hydrogen) atoms. The minimum absolute atomic E-state index is 0.0617. The molecule has 1 amide bonds. The molecule has 0 bridgehead atoms. The third-order valence-electron chi connectivity index (χ3n) is 6.32. The largest absolute Gasteiger partial charge is 0.395 e. The SMILES string of the molecule is Cc1nc2nc(-c3ccc(C(C)(C)C)cc3)nn2c(C)c1CC(=O)N(CCO)Cc1ccccc1. The quantitative estimate of drug-likeness (QED) is 0.435. The molecule has 2 aromatic carbocycles. The summed E-state index contributed by atoms with van der Waals surface area (Å²) in [5.41, 5.74) is 5.71. The number of rotatable bonds is 7. The van der Waals surface area contributed by atoms with Crippen LogP contribution in [0.25, 0.3) is 17.2 Å². The summed E-state index contributed by atoms with van der Waals surface area (Å²) in [7, 11) is 0. The van der Waals surface area contributed by atoms with Gasteiger partial charge in [-0.05, 0) is 30.4 Å². The molecule has 4 rings (SSSR count). The molecule has 0 saturated heterocycles. The smallest absolute Gasteiger partial charge is 0.253 e. The Morgan fingerprint density at radius 3 is 2.31 bits per heavy atom. The van der Waals surface area contributed by atoms with Crippen molar-refractivity contribution in [2.45, 2.75) is 53.0 Å². The molecule has 0 fully saturated rings. The Morgan fingerprint density at radius 1 is 1.00 bits per heavy atom. The zero-order valence-corrected chi connectivity index (χ0v) is 21.1. The average Bonchev–Trinajstić information content (AvgIpc) is 3.26. The van der Waals surface area contributed by atoms with Gasteiger partial charge in [-0.3, -0.25) is 4.79 Å². The maximum atomic E-state index is 13.2. The molecular weight excluding hydrogens is 438 g/mol. The molecule has 2 aromatic heterocycles. The van der Waals surface area contributed by atoms with Crippen molar-refractivity contribution >= 4 is 11.7 Å². The van der Waals surface area contributed by atoms with Crippen LogP contribution in [0.4, 0.5) is 0 Å². The van der Waals surface area contributed by atoms with Crippen molar-refractivity contribution in [3.8, 4) is 11.4 Å². The van der Waals surface area contributed by atoms with E-state index in [2.05, 4.69) is 42.9 Å². The van der Waals surface area contributed by atoms with Gasteiger partial charge < -0.3 is 10.0 Å². The van der Waals surface area contributed by atoms with Crippen LogP contribution in [-0.4, -0.2) is 48.6 Å². The lowest BCUT2D eigenvalue weighted by molar-refractivity contribution is -0.131. The van der Waals surface area contributed by atoms with Crippen molar-refractivity contribution in [2.75, 3.05) is 13.2 Å². The minimum Gasteiger partial charge on any atom is -0.395 e. The van der Waals surface area contributed by atoms with Crippen LogP contribution in [0, 0.1) is 13.8 Å². The van der Waals surface area contributed by atoms with Crippen molar-refractivity contribution < 1.29 is 9.90 Å². The standard InChI is InChI=1S/C28H33N5O2/c1-19-24(17-25(35)32(15-16-34)18-21-9-7-6-8-10-21)20(2)33-27(29-19)30-26(31-33)22-11-13-23(14-12-22)28(3,4)5/h6-14,34H,15-18H2,1-5H3. The fourth-order valence-electron chi connectivity index (χ4n) is 4.19. The van der Waals surface area contributed by atoms with Crippen molar-refractivity contribution in [3.05, 3.63) is 82.7 Å². The summed E-state index contributed by atoms with van der Waals surface area (Å²) in [6.07, 6.45) is 0.183. The van der Waals surface area contributed by atoms with Crippen LogP contribution in [0.1, 0.15) is 48.8 Å². The van der Waals surface area contributed by atoms with E-state index in [4.69, 9.17) is 5.10 Å². The molecule has 2 heterocycles. The number of aliphatic hydroxyl groups excluding tert-OH is 1. The Morgan fingerprint density at radius 2 is 1.69 bits per heavy atom. The fourth-order valence-corrected chi connectivity index (χ4v) is 4.19. The molecule has 0 aliphatic rings. The molecule has 0 spiro atoms. The van der Waals surface area contributed by atoms with Crippen LogP contribution in [-0.2, 0) is 23.2 Å². The van der Waals surface area contributed by atoms with E-state index in [1.807, 2.05) is 56.3 Å². The molecule has 7 heteroatoms. The number of aromatic nitrogens is 4. The fraction of sp³-hybridized carbons (Fsp3) is 0.357. The van der Waals surface area contributed by atoms with Gasteiger partial charge in [-0.25, -0.2) is 9.50 Å². The normalized spacial score (nSPS) is 11.7. The number of hydrogen-bond acceptors (Lipinski definition) is 5. The zero-order chi connectivity index (χ0) is 25.2. The highest BCUT2D eigenvalue weighted by Gasteiger charge is 2.21. The number of hydrogen-bond donors (Lipinski definition) is 1. The summed E-state index contributed by atoms with van der Waals surface area (Å²) < 4.78 is 1.72. The van der Waals surface area contributed by atoms with E-state index in [1.54, 1.807) is 9.42 Å². The lowest BCUT2D eigenvalue weighted by Gasteiger charge is -2.23.